The monoisotopic (exact) mass is 367 g/mol. The normalized spacial score (nSPS) is 27.3. The van der Waals surface area contributed by atoms with Crippen molar-refractivity contribution in [1.82, 2.24) is 24.5 Å². The number of hydrogen-bond donors (Lipinski definition) is 1. The molecule has 0 aliphatic carbocycles. The quantitative estimate of drug-likeness (QED) is 0.700. The van der Waals surface area contributed by atoms with E-state index in [1.54, 1.807) is 35.1 Å². The van der Waals surface area contributed by atoms with Crippen molar-refractivity contribution < 1.29 is 14.3 Å². The average Bonchev–Trinajstić information content (AvgIpc) is 3.21. The van der Waals surface area contributed by atoms with E-state index in [1.807, 2.05) is 4.90 Å². The molecule has 2 saturated heterocycles. The summed E-state index contributed by atoms with van der Waals surface area (Å²) >= 11 is 0. The van der Waals surface area contributed by atoms with Crippen molar-refractivity contribution in [2.45, 2.75) is 43.4 Å². The fourth-order valence-electron chi connectivity index (χ4n) is 4.63. The number of pyridine rings is 1. The summed E-state index contributed by atoms with van der Waals surface area (Å²) in [5, 5.41) is 15.4. The average molecular weight is 367 g/mol. The Balaban J connectivity index is 1.47. The van der Waals surface area contributed by atoms with Crippen LogP contribution in [0.5, 0.6) is 0 Å². The highest BCUT2D eigenvalue weighted by atomic mass is 19.1. The van der Waals surface area contributed by atoms with Crippen LogP contribution in [0.3, 0.4) is 0 Å². The number of fused-ring (bicyclic) bond motifs is 3. The number of hydrogen-bond acceptors (Lipinski definition) is 5. The molecule has 2 bridgehead atoms. The largest absolute Gasteiger partial charge is 0.385 e. The van der Waals surface area contributed by atoms with Gasteiger partial charge in [0.2, 0.25) is 5.95 Å². The van der Waals surface area contributed by atoms with Gasteiger partial charge >= 0.3 is 0 Å². The molecule has 3 aromatic rings. The second kappa shape index (κ2) is 5.82. The number of nitrogens with zero attached hydrogens (tertiary/aromatic N) is 5. The molecular formula is C19H18FN5O2. The van der Waals surface area contributed by atoms with Gasteiger partial charge in [0.1, 0.15) is 5.56 Å². The van der Waals surface area contributed by atoms with E-state index in [1.165, 1.54) is 12.4 Å². The van der Waals surface area contributed by atoms with Crippen molar-refractivity contribution >= 4 is 11.6 Å². The van der Waals surface area contributed by atoms with Gasteiger partial charge in [0.25, 0.3) is 5.91 Å². The van der Waals surface area contributed by atoms with E-state index in [0.29, 0.717) is 24.1 Å². The summed E-state index contributed by atoms with van der Waals surface area (Å²) in [7, 11) is 0. The first kappa shape index (κ1) is 16.3. The maximum absolute atomic E-state index is 14.2. The molecule has 0 radical (unpaired) electrons. The maximum atomic E-state index is 14.2. The molecule has 5 heterocycles. The fourth-order valence-corrected chi connectivity index (χ4v) is 4.63. The van der Waals surface area contributed by atoms with Crippen LogP contribution in [0, 0.1) is 5.95 Å². The van der Waals surface area contributed by atoms with Crippen LogP contribution in [0.2, 0.25) is 0 Å². The van der Waals surface area contributed by atoms with Gasteiger partial charge in [-0.25, -0.2) is 14.5 Å². The number of rotatable bonds is 2. The Labute approximate surface area is 154 Å². The minimum absolute atomic E-state index is 0.134. The van der Waals surface area contributed by atoms with Gasteiger partial charge < -0.3 is 10.0 Å². The molecule has 2 aliphatic rings. The van der Waals surface area contributed by atoms with Gasteiger partial charge in [-0.15, -0.1) is 0 Å². The highest BCUT2D eigenvalue weighted by Gasteiger charge is 2.51. The molecule has 2 fully saturated rings. The Morgan fingerprint density at radius 3 is 2.67 bits per heavy atom. The molecule has 3 aromatic heterocycles. The number of piperidine rings is 1. The first-order valence-electron chi connectivity index (χ1n) is 9.01. The van der Waals surface area contributed by atoms with Crippen LogP contribution < -0.4 is 0 Å². The standard InChI is InChI=1S/C19H18FN5O2/c20-16-15(3-1-6-21-16)19(27)9-12-4-5-13(10-19)25(12)18(26)14-11-23-24-8-2-7-22-17(14)24/h1-3,6-8,11-13,27H,4-5,9-10H2/t12-,13+,19?. The summed E-state index contributed by atoms with van der Waals surface area (Å²) in [5.74, 6) is -0.782. The van der Waals surface area contributed by atoms with Crippen LogP contribution in [0.25, 0.3) is 5.65 Å². The maximum Gasteiger partial charge on any atom is 0.259 e. The third-order valence-electron chi connectivity index (χ3n) is 5.77. The molecule has 1 unspecified atom stereocenters. The van der Waals surface area contributed by atoms with Gasteiger partial charge in [0.15, 0.2) is 5.65 Å². The molecule has 27 heavy (non-hydrogen) atoms. The lowest BCUT2D eigenvalue weighted by Gasteiger charge is -2.43. The summed E-state index contributed by atoms with van der Waals surface area (Å²) in [5.41, 5.74) is -0.126. The molecule has 1 amide bonds. The molecular weight excluding hydrogens is 349 g/mol. The Hall–Kier alpha value is -2.87. The lowest BCUT2D eigenvalue weighted by molar-refractivity contribution is -0.0504. The first-order valence-corrected chi connectivity index (χ1v) is 9.01. The lowest BCUT2D eigenvalue weighted by atomic mass is 9.81. The fraction of sp³-hybridized carbons (Fsp3) is 0.368. The number of amides is 1. The number of carbonyl (C=O) groups excluding carboxylic acids is 1. The van der Waals surface area contributed by atoms with Gasteiger partial charge in [-0.2, -0.15) is 9.49 Å². The molecule has 138 valence electrons. The predicted octanol–water partition coefficient (Wildman–Crippen LogP) is 1.92. The Morgan fingerprint density at radius 2 is 1.93 bits per heavy atom. The first-order chi connectivity index (χ1) is 13.1. The molecule has 2 aliphatic heterocycles. The number of halogens is 1. The summed E-state index contributed by atoms with van der Waals surface area (Å²) in [6, 6.07) is 4.65. The third-order valence-corrected chi connectivity index (χ3v) is 5.77. The van der Waals surface area contributed by atoms with Crippen LogP contribution in [0.1, 0.15) is 41.6 Å². The van der Waals surface area contributed by atoms with Crippen LogP contribution in [0.15, 0.2) is 43.0 Å². The van der Waals surface area contributed by atoms with E-state index in [2.05, 4.69) is 15.1 Å². The minimum Gasteiger partial charge on any atom is -0.385 e. The zero-order valence-corrected chi connectivity index (χ0v) is 14.5. The summed E-state index contributed by atoms with van der Waals surface area (Å²) < 4.78 is 15.7. The Kier molecular flexibility index (Phi) is 3.51. The van der Waals surface area contributed by atoms with Crippen molar-refractivity contribution in [3.05, 3.63) is 60.1 Å². The highest BCUT2D eigenvalue weighted by Crippen LogP contribution is 2.46. The summed E-state index contributed by atoms with van der Waals surface area (Å²) in [4.78, 5) is 23.0. The van der Waals surface area contributed by atoms with Gasteiger partial charge in [-0.1, -0.05) is 6.07 Å². The molecule has 0 spiro atoms. The molecule has 1 N–H and O–H groups in total. The minimum atomic E-state index is -1.31. The molecule has 0 saturated carbocycles. The molecule has 8 heteroatoms. The van der Waals surface area contributed by atoms with Crippen LogP contribution >= 0.6 is 0 Å². The lowest BCUT2D eigenvalue weighted by Crippen LogP contribution is -2.52. The Morgan fingerprint density at radius 1 is 1.19 bits per heavy atom. The predicted molar refractivity (Wildman–Crippen MR) is 93.3 cm³/mol. The smallest absolute Gasteiger partial charge is 0.259 e. The number of aliphatic hydroxyl groups is 1. The van der Waals surface area contributed by atoms with Crippen LogP contribution in [-0.2, 0) is 5.60 Å². The second-order valence-electron chi connectivity index (χ2n) is 7.33. The summed E-state index contributed by atoms with van der Waals surface area (Å²) in [6.07, 6.45) is 8.44. The molecule has 7 nitrogen and oxygen atoms in total. The van der Waals surface area contributed by atoms with Gasteiger partial charge in [-0.3, -0.25) is 4.79 Å². The highest BCUT2D eigenvalue weighted by molar-refractivity contribution is 6.00. The van der Waals surface area contributed by atoms with E-state index in [-0.39, 0.29) is 23.6 Å². The topological polar surface area (TPSA) is 83.6 Å². The number of aromatic nitrogens is 4. The van der Waals surface area contributed by atoms with Crippen molar-refractivity contribution in [1.29, 1.82) is 0 Å². The second-order valence-corrected chi connectivity index (χ2v) is 7.33. The van der Waals surface area contributed by atoms with E-state index >= 15 is 0 Å². The van der Waals surface area contributed by atoms with E-state index in [4.69, 9.17) is 0 Å². The zero-order valence-electron chi connectivity index (χ0n) is 14.5. The van der Waals surface area contributed by atoms with Crippen molar-refractivity contribution in [2.75, 3.05) is 0 Å². The van der Waals surface area contributed by atoms with Crippen molar-refractivity contribution in [3.63, 3.8) is 0 Å². The molecule has 5 rings (SSSR count). The SMILES string of the molecule is O=C(c1cnn2cccnc12)N1[C@@H]2CC[C@H]1CC(O)(c1cccnc1F)C2. The third kappa shape index (κ3) is 2.43. The van der Waals surface area contributed by atoms with Gasteiger partial charge in [-0.05, 0) is 25.0 Å². The number of carbonyl (C=O) groups is 1. The van der Waals surface area contributed by atoms with Crippen molar-refractivity contribution in [3.8, 4) is 0 Å². The zero-order chi connectivity index (χ0) is 18.6. The van der Waals surface area contributed by atoms with Crippen LogP contribution in [-0.4, -0.2) is 47.6 Å². The van der Waals surface area contributed by atoms with Gasteiger partial charge in [0.05, 0.1) is 11.8 Å². The van der Waals surface area contributed by atoms with Crippen molar-refractivity contribution in [2.24, 2.45) is 0 Å². The summed E-state index contributed by atoms with van der Waals surface area (Å²) in [6.45, 7) is 0. The van der Waals surface area contributed by atoms with E-state index in [0.717, 1.165) is 12.8 Å². The van der Waals surface area contributed by atoms with E-state index in [9.17, 15) is 14.3 Å². The van der Waals surface area contributed by atoms with Crippen LogP contribution in [0.4, 0.5) is 4.39 Å². The van der Waals surface area contributed by atoms with E-state index < -0.39 is 11.5 Å². The molecule has 3 atom stereocenters. The van der Waals surface area contributed by atoms with Gasteiger partial charge in [0, 0.05) is 49.1 Å². The Bertz CT molecular complexity index is 1020. The molecule has 0 aromatic carbocycles.